The van der Waals surface area contributed by atoms with Crippen molar-refractivity contribution in [3.8, 4) is 5.75 Å². The van der Waals surface area contributed by atoms with Gasteiger partial charge in [-0.3, -0.25) is 4.79 Å². The summed E-state index contributed by atoms with van der Waals surface area (Å²) in [7, 11) is 1.58. The van der Waals surface area contributed by atoms with Gasteiger partial charge in [-0.05, 0) is 49.1 Å². The summed E-state index contributed by atoms with van der Waals surface area (Å²) in [5, 5.41) is 2.85. The fraction of sp³-hybridized carbons (Fsp3) is 0.278. The molecule has 0 saturated carbocycles. The first kappa shape index (κ1) is 16.0. The molecular formula is C18H20FNO2. The van der Waals surface area contributed by atoms with Gasteiger partial charge in [0.05, 0.1) is 12.8 Å². The molecule has 0 unspecified atom stereocenters. The van der Waals surface area contributed by atoms with Crippen LogP contribution in [0.5, 0.6) is 5.75 Å². The molecule has 4 heteroatoms. The number of carbonyl (C=O) groups excluding carboxylic acids is 1. The van der Waals surface area contributed by atoms with Gasteiger partial charge in [0.1, 0.15) is 11.6 Å². The molecule has 3 nitrogen and oxygen atoms in total. The largest absolute Gasteiger partial charge is 0.495 e. The van der Waals surface area contributed by atoms with E-state index in [-0.39, 0.29) is 11.7 Å². The quantitative estimate of drug-likeness (QED) is 0.779. The van der Waals surface area contributed by atoms with Gasteiger partial charge in [0.15, 0.2) is 0 Å². The molecule has 0 atom stereocenters. The Bertz CT molecular complexity index is 611. The van der Waals surface area contributed by atoms with Crippen LogP contribution < -0.4 is 10.1 Å². The zero-order valence-electron chi connectivity index (χ0n) is 12.6. The standard InChI is InChI=1S/C18H20FNO2/c1-22-17-8-4-3-7-16(17)20-18(21)9-5-2-6-14-10-12-15(19)13-11-14/h3-4,7-8,10-13H,2,5-6,9H2,1H3,(H,20,21). The first-order valence-corrected chi connectivity index (χ1v) is 7.36. The van der Waals surface area contributed by atoms with Crippen molar-refractivity contribution in [1.29, 1.82) is 0 Å². The fourth-order valence-corrected chi connectivity index (χ4v) is 2.23. The number of halogens is 1. The summed E-state index contributed by atoms with van der Waals surface area (Å²) in [5.41, 5.74) is 1.78. The third-order valence-electron chi connectivity index (χ3n) is 3.41. The van der Waals surface area contributed by atoms with E-state index in [0.29, 0.717) is 17.9 Å². The SMILES string of the molecule is COc1ccccc1NC(=O)CCCCc1ccc(F)cc1. The van der Waals surface area contributed by atoms with Gasteiger partial charge in [-0.1, -0.05) is 24.3 Å². The van der Waals surface area contributed by atoms with Crippen molar-refractivity contribution < 1.29 is 13.9 Å². The Labute approximate surface area is 130 Å². The highest BCUT2D eigenvalue weighted by molar-refractivity contribution is 5.92. The number of rotatable bonds is 7. The minimum atomic E-state index is -0.222. The average molecular weight is 301 g/mol. The van der Waals surface area contributed by atoms with E-state index in [0.717, 1.165) is 24.8 Å². The van der Waals surface area contributed by atoms with Crippen molar-refractivity contribution in [3.63, 3.8) is 0 Å². The Kier molecular flexibility index (Phi) is 5.95. The number of hydrogen-bond donors (Lipinski definition) is 1. The van der Waals surface area contributed by atoms with Gasteiger partial charge >= 0.3 is 0 Å². The summed E-state index contributed by atoms with van der Waals surface area (Å²) in [6.45, 7) is 0. The van der Waals surface area contributed by atoms with Crippen LogP contribution >= 0.6 is 0 Å². The van der Waals surface area contributed by atoms with Gasteiger partial charge in [0.25, 0.3) is 0 Å². The number of anilines is 1. The Morgan fingerprint density at radius 3 is 2.55 bits per heavy atom. The molecule has 0 bridgehead atoms. The number of aryl methyl sites for hydroxylation is 1. The highest BCUT2D eigenvalue weighted by Gasteiger charge is 2.06. The van der Waals surface area contributed by atoms with Crippen LogP contribution in [0, 0.1) is 5.82 Å². The van der Waals surface area contributed by atoms with Crippen LogP contribution in [0.4, 0.5) is 10.1 Å². The van der Waals surface area contributed by atoms with Gasteiger partial charge in [-0.2, -0.15) is 0 Å². The third-order valence-corrected chi connectivity index (χ3v) is 3.41. The monoisotopic (exact) mass is 301 g/mol. The van der Waals surface area contributed by atoms with Crippen LogP contribution in [0.25, 0.3) is 0 Å². The maximum Gasteiger partial charge on any atom is 0.224 e. The van der Waals surface area contributed by atoms with E-state index in [2.05, 4.69) is 5.32 Å². The zero-order valence-corrected chi connectivity index (χ0v) is 12.6. The van der Waals surface area contributed by atoms with E-state index in [1.807, 2.05) is 24.3 Å². The molecule has 2 aromatic rings. The summed E-state index contributed by atoms with van der Waals surface area (Å²) in [5.74, 6) is 0.408. The van der Waals surface area contributed by atoms with Crippen molar-refractivity contribution in [1.82, 2.24) is 0 Å². The number of para-hydroxylation sites is 2. The van der Waals surface area contributed by atoms with Crippen molar-refractivity contribution in [2.45, 2.75) is 25.7 Å². The minimum Gasteiger partial charge on any atom is -0.495 e. The molecule has 1 N–H and O–H groups in total. The molecule has 0 spiro atoms. The van der Waals surface area contributed by atoms with Crippen LogP contribution in [-0.4, -0.2) is 13.0 Å². The number of ether oxygens (including phenoxy) is 1. The van der Waals surface area contributed by atoms with Crippen LogP contribution in [0.15, 0.2) is 48.5 Å². The molecule has 2 rings (SSSR count). The molecule has 22 heavy (non-hydrogen) atoms. The second-order valence-electron chi connectivity index (χ2n) is 5.08. The van der Waals surface area contributed by atoms with E-state index < -0.39 is 0 Å². The predicted molar refractivity (Wildman–Crippen MR) is 85.6 cm³/mol. The van der Waals surface area contributed by atoms with Crippen LogP contribution in [-0.2, 0) is 11.2 Å². The van der Waals surface area contributed by atoms with Crippen molar-refractivity contribution in [3.05, 3.63) is 59.9 Å². The summed E-state index contributed by atoms with van der Waals surface area (Å²) < 4.78 is 18.0. The fourth-order valence-electron chi connectivity index (χ4n) is 2.23. The van der Waals surface area contributed by atoms with Gasteiger partial charge < -0.3 is 10.1 Å². The molecule has 0 aromatic heterocycles. The molecule has 0 radical (unpaired) electrons. The number of hydrogen-bond acceptors (Lipinski definition) is 2. The van der Waals surface area contributed by atoms with Crippen LogP contribution in [0.1, 0.15) is 24.8 Å². The maximum atomic E-state index is 12.8. The molecular weight excluding hydrogens is 281 g/mol. The van der Waals surface area contributed by atoms with Gasteiger partial charge in [0.2, 0.25) is 5.91 Å². The molecule has 1 amide bonds. The Morgan fingerprint density at radius 2 is 1.82 bits per heavy atom. The summed E-state index contributed by atoms with van der Waals surface area (Å²) in [6.07, 6.45) is 2.99. The topological polar surface area (TPSA) is 38.3 Å². The lowest BCUT2D eigenvalue weighted by molar-refractivity contribution is -0.116. The lowest BCUT2D eigenvalue weighted by Gasteiger charge is -2.09. The maximum absolute atomic E-state index is 12.8. The van der Waals surface area contributed by atoms with Gasteiger partial charge in [0, 0.05) is 6.42 Å². The van der Waals surface area contributed by atoms with Crippen LogP contribution in [0.2, 0.25) is 0 Å². The van der Waals surface area contributed by atoms with E-state index in [9.17, 15) is 9.18 Å². The second-order valence-corrected chi connectivity index (χ2v) is 5.08. The molecule has 0 heterocycles. The minimum absolute atomic E-state index is 0.0244. The highest BCUT2D eigenvalue weighted by atomic mass is 19.1. The molecule has 0 aliphatic rings. The first-order valence-electron chi connectivity index (χ1n) is 7.36. The Hall–Kier alpha value is -2.36. The number of carbonyl (C=O) groups is 1. The second kappa shape index (κ2) is 8.17. The van der Waals surface area contributed by atoms with Crippen molar-refractivity contribution in [2.75, 3.05) is 12.4 Å². The van der Waals surface area contributed by atoms with E-state index in [4.69, 9.17) is 4.74 Å². The van der Waals surface area contributed by atoms with Gasteiger partial charge in [-0.25, -0.2) is 4.39 Å². The lowest BCUT2D eigenvalue weighted by Crippen LogP contribution is -2.12. The van der Waals surface area contributed by atoms with E-state index in [1.165, 1.54) is 12.1 Å². The molecule has 0 aliphatic carbocycles. The summed E-state index contributed by atoms with van der Waals surface area (Å²) in [4.78, 5) is 11.9. The normalized spacial score (nSPS) is 10.3. The van der Waals surface area contributed by atoms with Crippen LogP contribution in [0.3, 0.4) is 0 Å². The molecule has 0 saturated heterocycles. The van der Waals surface area contributed by atoms with E-state index in [1.54, 1.807) is 19.2 Å². The number of methoxy groups -OCH3 is 1. The third kappa shape index (κ3) is 4.88. The zero-order chi connectivity index (χ0) is 15.8. The van der Waals surface area contributed by atoms with Gasteiger partial charge in [-0.15, -0.1) is 0 Å². The van der Waals surface area contributed by atoms with Crippen molar-refractivity contribution in [2.24, 2.45) is 0 Å². The molecule has 0 aliphatic heterocycles. The highest BCUT2D eigenvalue weighted by Crippen LogP contribution is 2.23. The van der Waals surface area contributed by atoms with E-state index >= 15 is 0 Å². The number of amides is 1. The Morgan fingerprint density at radius 1 is 1.09 bits per heavy atom. The Balaban J connectivity index is 1.72. The lowest BCUT2D eigenvalue weighted by atomic mass is 10.1. The molecule has 0 fully saturated rings. The average Bonchev–Trinajstić information content (AvgIpc) is 2.54. The smallest absolute Gasteiger partial charge is 0.224 e. The number of benzene rings is 2. The molecule has 2 aromatic carbocycles. The predicted octanol–water partition coefficient (Wildman–Crippen LogP) is 4.19. The first-order chi connectivity index (χ1) is 10.7. The van der Waals surface area contributed by atoms with Crippen molar-refractivity contribution >= 4 is 11.6 Å². The summed E-state index contributed by atoms with van der Waals surface area (Å²) >= 11 is 0. The number of unbranched alkanes of at least 4 members (excludes halogenated alkanes) is 1. The molecule has 116 valence electrons. The number of nitrogens with one attached hydrogen (secondary N) is 1. The summed E-state index contributed by atoms with van der Waals surface area (Å²) in [6, 6.07) is 13.8.